The molecule has 2 rings (SSSR count). The van der Waals surface area contributed by atoms with Gasteiger partial charge in [0, 0.05) is 18.2 Å². The van der Waals surface area contributed by atoms with Crippen molar-refractivity contribution in [2.45, 2.75) is 25.9 Å². The molecule has 162 valence electrons. The molecule has 0 aromatic heterocycles. The number of carbonyl (C=O) groups is 4. The first kappa shape index (κ1) is 23.5. The lowest BCUT2D eigenvalue weighted by Crippen LogP contribution is -2.43. The number of esters is 1. The van der Waals surface area contributed by atoms with Gasteiger partial charge in [-0.2, -0.15) is 0 Å². The highest BCUT2D eigenvalue weighted by molar-refractivity contribution is 6.14. The molecular weight excluding hydrogens is 405 g/mol. The highest BCUT2D eigenvalue weighted by Crippen LogP contribution is 2.13. The third-order valence-corrected chi connectivity index (χ3v) is 4.22. The minimum atomic E-state index is -1.73. The van der Waals surface area contributed by atoms with E-state index in [4.69, 9.17) is 9.84 Å². The second kappa shape index (κ2) is 11.4. The molecule has 0 fully saturated rings. The van der Waals surface area contributed by atoms with Crippen LogP contribution in [0.1, 0.15) is 46.0 Å². The number of ether oxygens (including phenoxy) is 1. The first-order valence-corrected chi connectivity index (χ1v) is 9.61. The van der Waals surface area contributed by atoms with Crippen molar-refractivity contribution in [2.24, 2.45) is 0 Å². The van der Waals surface area contributed by atoms with Crippen LogP contribution in [0, 0.1) is 5.82 Å². The van der Waals surface area contributed by atoms with Crippen LogP contribution in [-0.2, 0) is 14.3 Å². The largest absolute Gasteiger partial charge is 0.478 e. The summed E-state index contributed by atoms with van der Waals surface area (Å²) in [7, 11) is 0. The van der Waals surface area contributed by atoms with Crippen LogP contribution in [-0.4, -0.2) is 41.4 Å². The normalized spacial score (nSPS) is 11.7. The van der Waals surface area contributed by atoms with E-state index in [9.17, 15) is 23.6 Å². The first-order chi connectivity index (χ1) is 14.8. The van der Waals surface area contributed by atoms with Gasteiger partial charge in [-0.05, 0) is 54.5 Å². The molecule has 2 aromatic rings. The summed E-state index contributed by atoms with van der Waals surface area (Å²) >= 11 is 0. The summed E-state index contributed by atoms with van der Waals surface area (Å²) in [4.78, 5) is 48.4. The van der Waals surface area contributed by atoms with Gasteiger partial charge in [-0.3, -0.25) is 9.59 Å². The number of unbranched alkanes of at least 4 members (excludes halogenated alkanes) is 1. The topological polar surface area (TPSA) is 110 Å². The number of hydrogen-bond donors (Lipinski definition) is 2. The van der Waals surface area contributed by atoms with Crippen LogP contribution in [0.3, 0.4) is 0 Å². The fraction of sp³-hybridized carbons (Fsp3) is 0.217. The molecule has 2 aromatic carbocycles. The second-order valence-corrected chi connectivity index (χ2v) is 6.59. The van der Waals surface area contributed by atoms with Crippen molar-refractivity contribution in [1.82, 2.24) is 5.32 Å². The lowest BCUT2D eigenvalue weighted by molar-refractivity contribution is -0.131. The van der Waals surface area contributed by atoms with Crippen molar-refractivity contribution in [3.05, 3.63) is 77.1 Å². The van der Waals surface area contributed by atoms with Crippen molar-refractivity contribution in [3.8, 4) is 0 Å². The minimum absolute atomic E-state index is 0.0268. The molecule has 0 heterocycles. The smallest absolute Gasteiger partial charge is 0.339 e. The Labute approximate surface area is 178 Å². The first-order valence-electron chi connectivity index (χ1n) is 9.61. The number of carboxylic acids is 1. The number of aliphatic carboxylic acids is 1. The van der Waals surface area contributed by atoms with Crippen LogP contribution < -0.4 is 5.32 Å². The van der Waals surface area contributed by atoms with Crippen LogP contribution in [0.4, 0.5) is 4.39 Å². The standard InChI is InChI=1S/C23H22FNO6/c1-2-3-14-25-22(29)21(20(28)16-9-11-18(24)12-10-16)31-23(30)17-7-4-15(5-8-17)6-13-19(26)27/h4-13,21H,2-3,14H2,1H3,(H,25,29)(H,26,27). The van der Waals surface area contributed by atoms with E-state index < -0.39 is 35.6 Å². The van der Waals surface area contributed by atoms with Crippen LogP contribution >= 0.6 is 0 Å². The Morgan fingerprint density at radius 2 is 1.65 bits per heavy atom. The number of benzene rings is 2. The molecule has 0 saturated heterocycles. The molecule has 1 amide bonds. The number of amides is 1. The van der Waals surface area contributed by atoms with Crippen molar-refractivity contribution >= 4 is 29.7 Å². The van der Waals surface area contributed by atoms with Crippen molar-refractivity contribution in [3.63, 3.8) is 0 Å². The summed E-state index contributed by atoms with van der Waals surface area (Å²) in [6, 6.07) is 10.3. The van der Waals surface area contributed by atoms with Gasteiger partial charge < -0.3 is 15.2 Å². The Morgan fingerprint density at radius 1 is 1.03 bits per heavy atom. The Morgan fingerprint density at radius 3 is 2.23 bits per heavy atom. The quantitative estimate of drug-likeness (QED) is 0.198. The highest BCUT2D eigenvalue weighted by atomic mass is 19.1. The molecule has 31 heavy (non-hydrogen) atoms. The van der Waals surface area contributed by atoms with Gasteiger partial charge in [0.15, 0.2) is 0 Å². The summed E-state index contributed by atoms with van der Waals surface area (Å²) in [5, 5.41) is 11.2. The van der Waals surface area contributed by atoms with Gasteiger partial charge >= 0.3 is 11.9 Å². The third kappa shape index (κ3) is 7.18. The third-order valence-electron chi connectivity index (χ3n) is 4.22. The number of nitrogens with one attached hydrogen (secondary N) is 1. The van der Waals surface area contributed by atoms with Crippen LogP contribution in [0.2, 0.25) is 0 Å². The second-order valence-electron chi connectivity index (χ2n) is 6.59. The molecule has 0 aliphatic heterocycles. The molecular formula is C23H22FNO6. The zero-order chi connectivity index (χ0) is 22.8. The van der Waals surface area contributed by atoms with Gasteiger partial charge in [0.2, 0.25) is 11.9 Å². The van der Waals surface area contributed by atoms with Crippen molar-refractivity contribution < 1.29 is 33.4 Å². The molecule has 1 unspecified atom stereocenters. The average molecular weight is 427 g/mol. The molecule has 8 heteroatoms. The summed E-state index contributed by atoms with van der Waals surface area (Å²) in [5.74, 6) is -4.10. The lowest BCUT2D eigenvalue weighted by Gasteiger charge is -2.17. The van der Waals surface area contributed by atoms with Gasteiger partial charge in [0.1, 0.15) is 5.82 Å². The van der Waals surface area contributed by atoms with E-state index in [2.05, 4.69) is 5.32 Å². The summed E-state index contributed by atoms with van der Waals surface area (Å²) < 4.78 is 18.4. The van der Waals surface area contributed by atoms with E-state index in [0.717, 1.165) is 24.6 Å². The Kier molecular flexibility index (Phi) is 8.63. The van der Waals surface area contributed by atoms with Gasteiger partial charge in [-0.1, -0.05) is 25.5 Å². The fourth-order valence-corrected chi connectivity index (χ4v) is 2.55. The summed E-state index contributed by atoms with van der Waals surface area (Å²) in [6.45, 7) is 2.24. The number of carboxylic acid groups (broad SMARTS) is 1. The van der Waals surface area contributed by atoms with E-state index in [1.165, 1.54) is 42.5 Å². The Bertz CT molecular complexity index is 967. The van der Waals surface area contributed by atoms with E-state index in [1.807, 2.05) is 6.92 Å². The molecule has 2 N–H and O–H groups in total. The van der Waals surface area contributed by atoms with Crippen LogP contribution in [0.25, 0.3) is 6.08 Å². The predicted octanol–water partition coefficient (Wildman–Crippen LogP) is 3.25. The molecule has 1 atom stereocenters. The van der Waals surface area contributed by atoms with Gasteiger partial charge in [-0.25, -0.2) is 14.0 Å². The van der Waals surface area contributed by atoms with Crippen LogP contribution in [0.5, 0.6) is 0 Å². The lowest BCUT2D eigenvalue weighted by atomic mass is 10.0. The molecule has 0 spiro atoms. The minimum Gasteiger partial charge on any atom is -0.478 e. The highest BCUT2D eigenvalue weighted by Gasteiger charge is 2.31. The molecule has 0 aliphatic rings. The van der Waals surface area contributed by atoms with Gasteiger partial charge in [0.05, 0.1) is 5.56 Å². The monoisotopic (exact) mass is 427 g/mol. The van der Waals surface area contributed by atoms with Crippen molar-refractivity contribution in [2.75, 3.05) is 6.54 Å². The fourth-order valence-electron chi connectivity index (χ4n) is 2.55. The average Bonchev–Trinajstić information content (AvgIpc) is 2.76. The maximum atomic E-state index is 13.2. The Balaban J connectivity index is 2.19. The summed E-state index contributed by atoms with van der Waals surface area (Å²) in [5.41, 5.74) is 0.639. The van der Waals surface area contributed by atoms with E-state index in [0.29, 0.717) is 18.5 Å². The number of Topliss-reactive ketones (excluding diaryl/α,β-unsaturated/α-hetero) is 1. The van der Waals surface area contributed by atoms with E-state index in [-0.39, 0.29) is 11.1 Å². The van der Waals surface area contributed by atoms with Crippen molar-refractivity contribution in [1.29, 1.82) is 0 Å². The number of halogens is 1. The molecule has 0 bridgehead atoms. The van der Waals surface area contributed by atoms with E-state index >= 15 is 0 Å². The number of carbonyl (C=O) groups excluding carboxylic acids is 3. The molecule has 0 aliphatic carbocycles. The zero-order valence-electron chi connectivity index (χ0n) is 16.8. The molecule has 7 nitrogen and oxygen atoms in total. The Hall–Kier alpha value is -3.81. The molecule has 0 saturated carbocycles. The zero-order valence-corrected chi connectivity index (χ0v) is 16.8. The number of ketones is 1. The predicted molar refractivity (Wildman–Crippen MR) is 111 cm³/mol. The number of rotatable bonds is 10. The number of hydrogen-bond acceptors (Lipinski definition) is 5. The van der Waals surface area contributed by atoms with E-state index in [1.54, 1.807) is 0 Å². The van der Waals surface area contributed by atoms with Crippen LogP contribution in [0.15, 0.2) is 54.6 Å². The summed E-state index contributed by atoms with van der Waals surface area (Å²) in [6.07, 6.45) is 2.06. The SMILES string of the molecule is CCCCNC(=O)C(OC(=O)c1ccc(C=CC(=O)O)cc1)C(=O)c1ccc(F)cc1. The maximum absolute atomic E-state index is 13.2. The van der Waals surface area contributed by atoms with Gasteiger partial charge in [-0.15, -0.1) is 0 Å². The van der Waals surface area contributed by atoms with Gasteiger partial charge in [0.25, 0.3) is 5.91 Å². The molecule has 0 radical (unpaired) electrons. The maximum Gasteiger partial charge on any atom is 0.339 e.